The number of thiophene rings is 1. The highest BCUT2D eigenvalue weighted by molar-refractivity contribution is 7.14. The minimum absolute atomic E-state index is 0.585. The summed E-state index contributed by atoms with van der Waals surface area (Å²) >= 11 is 15.2. The van der Waals surface area contributed by atoms with E-state index in [2.05, 4.69) is 15.5 Å². The van der Waals surface area contributed by atoms with E-state index in [1.807, 2.05) is 29.0 Å². The maximum atomic E-state index is 6.18. The van der Waals surface area contributed by atoms with Gasteiger partial charge in [0, 0.05) is 20.8 Å². The fourth-order valence-corrected chi connectivity index (χ4v) is 3.41. The summed E-state index contributed by atoms with van der Waals surface area (Å²) in [6.07, 6.45) is 1.76. The second-order valence-electron chi connectivity index (χ2n) is 4.05. The molecule has 2 heterocycles. The minimum atomic E-state index is 0.585. The molecular weight excluding hydrogens is 345 g/mol. The third-order valence-corrected chi connectivity index (χ3v) is 4.71. The first-order valence-electron chi connectivity index (χ1n) is 5.96. The van der Waals surface area contributed by atoms with E-state index in [4.69, 9.17) is 23.2 Å². The van der Waals surface area contributed by atoms with Crippen molar-refractivity contribution in [1.82, 2.24) is 4.98 Å². The number of hydrogen-bond donors (Lipinski definition) is 1. The number of nitrogens with one attached hydrogen (secondary N) is 1. The summed E-state index contributed by atoms with van der Waals surface area (Å²) in [7, 11) is 0. The lowest BCUT2D eigenvalue weighted by Gasteiger charge is -2.00. The van der Waals surface area contributed by atoms with Crippen LogP contribution in [0.4, 0.5) is 5.13 Å². The van der Waals surface area contributed by atoms with Crippen LogP contribution in [-0.2, 0) is 0 Å². The van der Waals surface area contributed by atoms with Gasteiger partial charge in [-0.1, -0.05) is 29.3 Å². The molecule has 3 rings (SSSR count). The second kappa shape index (κ2) is 6.58. The summed E-state index contributed by atoms with van der Waals surface area (Å²) in [6.45, 7) is 0. The number of benzene rings is 1. The van der Waals surface area contributed by atoms with Gasteiger partial charge in [0.15, 0.2) is 0 Å². The zero-order valence-corrected chi connectivity index (χ0v) is 13.7. The Morgan fingerprint density at radius 3 is 2.86 bits per heavy atom. The monoisotopic (exact) mass is 353 g/mol. The number of thiazole rings is 1. The van der Waals surface area contributed by atoms with E-state index in [-0.39, 0.29) is 0 Å². The van der Waals surface area contributed by atoms with Crippen LogP contribution in [0.25, 0.3) is 11.3 Å². The summed E-state index contributed by atoms with van der Waals surface area (Å²) in [6, 6.07) is 9.34. The molecule has 0 aliphatic rings. The molecule has 2 aromatic heterocycles. The normalized spacial score (nSPS) is 11.1. The Hall–Kier alpha value is -1.40. The quantitative estimate of drug-likeness (QED) is 0.487. The molecule has 1 aromatic carbocycles. The van der Waals surface area contributed by atoms with Crippen LogP contribution in [0.1, 0.15) is 4.88 Å². The predicted octanol–water partition coefficient (Wildman–Crippen LogP) is 5.62. The number of anilines is 1. The van der Waals surface area contributed by atoms with Crippen molar-refractivity contribution < 1.29 is 0 Å². The van der Waals surface area contributed by atoms with Crippen LogP contribution >= 0.6 is 45.9 Å². The smallest absolute Gasteiger partial charge is 0.203 e. The van der Waals surface area contributed by atoms with Crippen molar-refractivity contribution in [3.05, 3.63) is 56.0 Å². The third-order valence-electron chi connectivity index (χ3n) is 2.61. The minimum Gasteiger partial charge on any atom is -0.253 e. The fraction of sp³-hybridized carbons (Fsp3) is 0. The van der Waals surface area contributed by atoms with E-state index in [9.17, 15) is 0 Å². The molecule has 0 bridgehead atoms. The molecule has 0 unspecified atom stereocenters. The molecule has 0 saturated heterocycles. The van der Waals surface area contributed by atoms with Gasteiger partial charge in [0.2, 0.25) is 5.13 Å². The maximum Gasteiger partial charge on any atom is 0.203 e. The Morgan fingerprint density at radius 1 is 1.19 bits per heavy atom. The lowest BCUT2D eigenvalue weighted by Crippen LogP contribution is -1.88. The SMILES string of the molecule is Clc1ccc(-c2csc(NN=Cc3cccs3)n2)c(Cl)c1. The molecule has 0 radical (unpaired) electrons. The number of rotatable bonds is 4. The Labute approximate surface area is 139 Å². The van der Waals surface area contributed by atoms with Crippen molar-refractivity contribution in [2.45, 2.75) is 0 Å². The molecule has 3 aromatic rings. The molecule has 0 amide bonds. The lowest BCUT2D eigenvalue weighted by molar-refractivity contribution is 1.29. The van der Waals surface area contributed by atoms with Gasteiger partial charge in [0.05, 0.1) is 16.9 Å². The van der Waals surface area contributed by atoms with Gasteiger partial charge in [-0.05, 0) is 29.6 Å². The first kappa shape index (κ1) is 14.5. The second-order valence-corrected chi connectivity index (χ2v) is 6.73. The van der Waals surface area contributed by atoms with E-state index in [0.717, 1.165) is 16.1 Å². The summed E-state index contributed by atoms with van der Waals surface area (Å²) in [5.41, 5.74) is 4.57. The summed E-state index contributed by atoms with van der Waals surface area (Å²) < 4.78 is 0. The summed E-state index contributed by atoms with van der Waals surface area (Å²) in [5, 5.41) is 10.00. The zero-order chi connectivity index (χ0) is 14.7. The first-order chi connectivity index (χ1) is 10.2. The Kier molecular flexibility index (Phi) is 4.55. The molecule has 7 heteroatoms. The predicted molar refractivity (Wildman–Crippen MR) is 93.1 cm³/mol. The molecule has 3 nitrogen and oxygen atoms in total. The van der Waals surface area contributed by atoms with Gasteiger partial charge in [-0.25, -0.2) is 4.98 Å². The van der Waals surface area contributed by atoms with E-state index in [0.29, 0.717) is 15.2 Å². The highest BCUT2D eigenvalue weighted by atomic mass is 35.5. The molecule has 0 spiro atoms. The molecule has 106 valence electrons. The highest BCUT2D eigenvalue weighted by Crippen LogP contribution is 2.32. The number of aromatic nitrogens is 1. The lowest BCUT2D eigenvalue weighted by atomic mass is 10.2. The molecule has 21 heavy (non-hydrogen) atoms. The van der Waals surface area contributed by atoms with Crippen LogP contribution in [0.15, 0.2) is 46.2 Å². The number of hydrogen-bond acceptors (Lipinski definition) is 5. The molecule has 0 fully saturated rings. The largest absolute Gasteiger partial charge is 0.253 e. The Balaban J connectivity index is 1.74. The van der Waals surface area contributed by atoms with Gasteiger partial charge in [-0.3, -0.25) is 5.43 Å². The first-order valence-corrected chi connectivity index (χ1v) is 8.47. The Morgan fingerprint density at radius 2 is 2.10 bits per heavy atom. The van der Waals surface area contributed by atoms with Crippen LogP contribution in [-0.4, -0.2) is 11.2 Å². The van der Waals surface area contributed by atoms with Crippen molar-refractivity contribution in [3.8, 4) is 11.3 Å². The molecule has 0 saturated carbocycles. The van der Waals surface area contributed by atoms with Crippen molar-refractivity contribution in [3.63, 3.8) is 0 Å². The van der Waals surface area contributed by atoms with Crippen molar-refractivity contribution in [1.29, 1.82) is 0 Å². The van der Waals surface area contributed by atoms with Gasteiger partial charge in [-0.2, -0.15) is 5.10 Å². The van der Waals surface area contributed by atoms with Crippen LogP contribution in [0, 0.1) is 0 Å². The highest BCUT2D eigenvalue weighted by Gasteiger charge is 2.08. The average molecular weight is 354 g/mol. The third kappa shape index (κ3) is 3.63. The van der Waals surface area contributed by atoms with Gasteiger partial charge >= 0.3 is 0 Å². The van der Waals surface area contributed by atoms with E-state index in [1.54, 1.807) is 29.7 Å². The number of halogens is 2. The average Bonchev–Trinajstić information content (AvgIpc) is 3.10. The standard InChI is InChI=1S/C14H9Cl2N3S2/c15-9-3-4-11(12(16)6-9)13-8-21-14(18-13)19-17-7-10-2-1-5-20-10/h1-8H,(H,18,19). The van der Waals surface area contributed by atoms with Gasteiger partial charge < -0.3 is 0 Å². The fourth-order valence-electron chi connectivity index (χ4n) is 1.66. The van der Waals surface area contributed by atoms with Gasteiger partial charge in [0.1, 0.15) is 0 Å². The van der Waals surface area contributed by atoms with Crippen molar-refractivity contribution in [2.75, 3.05) is 5.43 Å². The van der Waals surface area contributed by atoms with Crippen molar-refractivity contribution >= 4 is 57.2 Å². The molecule has 0 aliphatic heterocycles. The molecular formula is C14H9Cl2N3S2. The van der Waals surface area contributed by atoms with Gasteiger partial charge in [-0.15, -0.1) is 22.7 Å². The Bertz CT molecular complexity index is 766. The zero-order valence-electron chi connectivity index (χ0n) is 10.6. The maximum absolute atomic E-state index is 6.18. The molecule has 0 atom stereocenters. The van der Waals surface area contributed by atoms with E-state index < -0.39 is 0 Å². The van der Waals surface area contributed by atoms with Crippen LogP contribution in [0.5, 0.6) is 0 Å². The number of nitrogens with zero attached hydrogens (tertiary/aromatic N) is 2. The van der Waals surface area contributed by atoms with E-state index >= 15 is 0 Å². The molecule has 1 N–H and O–H groups in total. The van der Waals surface area contributed by atoms with Gasteiger partial charge in [0.25, 0.3) is 0 Å². The van der Waals surface area contributed by atoms with Crippen molar-refractivity contribution in [2.24, 2.45) is 5.10 Å². The topological polar surface area (TPSA) is 37.3 Å². The van der Waals surface area contributed by atoms with Crippen LogP contribution < -0.4 is 5.43 Å². The summed E-state index contributed by atoms with van der Waals surface area (Å²) in [5.74, 6) is 0. The van der Waals surface area contributed by atoms with E-state index in [1.165, 1.54) is 11.3 Å². The number of hydrazone groups is 1. The molecule has 0 aliphatic carbocycles. The van der Waals surface area contributed by atoms with Crippen LogP contribution in [0.2, 0.25) is 10.0 Å². The van der Waals surface area contributed by atoms with Crippen LogP contribution in [0.3, 0.4) is 0 Å². The summed E-state index contributed by atoms with van der Waals surface area (Å²) in [4.78, 5) is 5.54.